The van der Waals surface area contributed by atoms with Gasteiger partial charge in [-0.2, -0.15) is 0 Å². The maximum absolute atomic E-state index is 14.2. The number of carboxylic acid groups (broad SMARTS) is 2. The minimum atomic E-state index is -1.26. The third-order valence-electron chi connectivity index (χ3n) is 8.28. The number of para-hydroxylation sites is 1. The predicted molar refractivity (Wildman–Crippen MR) is 181 cm³/mol. The van der Waals surface area contributed by atoms with E-state index in [4.69, 9.17) is 15.9 Å². The first-order chi connectivity index (χ1) is 22.5. The zero-order valence-corrected chi connectivity index (χ0v) is 28.1. The second-order valence-electron chi connectivity index (χ2n) is 12.8. The zero-order valence-electron chi connectivity index (χ0n) is 28.1. The molecule has 1 fully saturated rings. The summed E-state index contributed by atoms with van der Waals surface area (Å²) in [5.74, 6) is -3.15. The molecule has 0 aliphatic carbocycles. The standard InChI is InChI=1S/C31H42N6O3.C4H4O4/c1-30(2,32)28(39)34-26(18-23-20-33-25-15-10-9-14-24(23)25)27(38)37-17-11-16-31(21-37,29(40)36(5)35(3)4)19-22-12-7-6-8-13-22;5-3(6)1-2-4(7)8/h6-10,12-15,20,26,33H,11,16-19,21,32H2,1-5H3,(H,34,39);1-2H,(H,5,6)(H,7,8). The number of aliphatic carboxylic acids is 2. The summed E-state index contributed by atoms with van der Waals surface area (Å²) >= 11 is 0. The Kier molecular flexibility index (Phi) is 12.6. The van der Waals surface area contributed by atoms with Crippen LogP contribution in [0.15, 0.2) is 72.9 Å². The molecule has 1 saturated heterocycles. The van der Waals surface area contributed by atoms with Crippen molar-refractivity contribution < 1.29 is 34.2 Å². The summed E-state index contributed by atoms with van der Waals surface area (Å²) in [5.41, 5.74) is 7.10. The maximum Gasteiger partial charge on any atom is 0.328 e. The molecule has 0 bridgehead atoms. The van der Waals surface area contributed by atoms with Crippen molar-refractivity contribution in [1.29, 1.82) is 0 Å². The summed E-state index contributed by atoms with van der Waals surface area (Å²) in [6.07, 6.45) is 5.17. The Balaban J connectivity index is 0.000000694. The Morgan fingerprint density at radius 2 is 1.60 bits per heavy atom. The maximum atomic E-state index is 14.2. The Morgan fingerprint density at radius 1 is 1.00 bits per heavy atom. The van der Waals surface area contributed by atoms with Crippen LogP contribution in [0.4, 0.5) is 0 Å². The minimum absolute atomic E-state index is 0.0286. The summed E-state index contributed by atoms with van der Waals surface area (Å²) < 4.78 is 0. The largest absolute Gasteiger partial charge is 0.478 e. The normalized spacial score (nSPS) is 17.0. The van der Waals surface area contributed by atoms with E-state index in [1.807, 2.05) is 74.9 Å². The van der Waals surface area contributed by atoms with Gasteiger partial charge in [0.1, 0.15) is 6.04 Å². The monoisotopic (exact) mass is 662 g/mol. The van der Waals surface area contributed by atoms with Crippen LogP contribution in [0.25, 0.3) is 10.9 Å². The number of carbonyl (C=O) groups is 5. The van der Waals surface area contributed by atoms with E-state index in [1.165, 1.54) is 0 Å². The second kappa shape index (κ2) is 16.2. The number of nitrogens with one attached hydrogen (secondary N) is 2. The number of carbonyl (C=O) groups excluding carboxylic acids is 3. The number of hydrazine groups is 1. The summed E-state index contributed by atoms with van der Waals surface area (Å²) in [6, 6.07) is 17.0. The van der Waals surface area contributed by atoms with Gasteiger partial charge in [-0.25, -0.2) is 14.6 Å². The van der Waals surface area contributed by atoms with E-state index in [0.29, 0.717) is 44.4 Å². The van der Waals surface area contributed by atoms with Crippen LogP contribution in [-0.2, 0) is 36.8 Å². The van der Waals surface area contributed by atoms with E-state index in [2.05, 4.69) is 10.3 Å². The van der Waals surface area contributed by atoms with Crippen molar-refractivity contribution in [1.82, 2.24) is 25.2 Å². The van der Waals surface area contributed by atoms with Crippen molar-refractivity contribution in [3.63, 3.8) is 0 Å². The van der Waals surface area contributed by atoms with Crippen molar-refractivity contribution in [2.75, 3.05) is 34.2 Å². The lowest BCUT2D eigenvalue weighted by molar-refractivity contribution is -0.159. The smallest absolute Gasteiger partial charge is 0.328 e. The van der Waals surface area contributed by atoms with Crippen LogP contribution in [0.3, 0.4) is 0 Å². The molecule has 3 aromatic rings. The van der Waals surface area contributed by atoms with E-state index in [-0.39, 0.29) is 18.4 Å². The third kappa shape index (κ3) is 9.99. The number of benzene rings is 2. The highest BCUT2D eigenvalue weighted by atomic mass is 16.4. The number of aromatic amines is 1. The Hall–Kier alpha value is -5.01. The quantitative estimate of drug-likeness (QED) is 0.152. The van der Waals surface area contributed by atoms with Crippen LogP contribution in [-0.4, -0.2) is 106 Å². The fourth-order valence-electron chi connectivity index (χ4n) is 5.65. The number of carboxylic acids is 2. The van der Waals surface area contributed by atoms with E-state index >= 15 is 0 Å². The first-order valence-corrected chi connectivity index (χ1v) is 15.6. The predicted octanol–water partition coefficient (Wildman–Crippen LogP) is 2.43. The number of hydrogen-bond acceptors (Lipinski definition) is 7. The van der Waals surface area contributed by atoms with E-state index in [9.17, 15) is 24.0 Å². The van der Waals surface area contributed by atoms with Crippen molar-refractivity contribution in [2.45, 2.75) is 51.1 Å². The molecule has 13 nitrogen and oxygen atoms in total. The van der Waals surface area contributed by atoms with Gasteiger partial charge in [0.15, 0.2) is 0 Å². The van der Waals surface area contributed by atoms with Gasteiger partial charge in [0.2, 0.25) is 17.7 Å². The van der Waals surface area contributed by atoms with Crippen molar-refractivity contribution >= 4 is 40.6 Å². The Labute approximate surface area is 280 Å². The number of nitrogens with zero attached hydrogens (tertiary/aromatic N) is 3. The van der Waals surface area contributed by atoms with Gasteiger partial charge in [-0.3, -0.25) is 19.4 Å². The van der Waals surface area contributed by atoms with Crippen LogP contribution in [0.5, 0.6) is 0 Å². The number of fused-ring (bicyclic) bond motifs is 1. The first kappa shape index (κ1) is 37.4. The van der Waals surface area contributed by atoms with Gasteiger partial charge in [0.25, 0.3) is 0 Å². The summed E-state index contributed by atoms with van der Waals surface area (Å²) in [6.45, 7) is 4.03. The van der Waals surface area contributed by atoms with Gasteiger partial charge in [0, 0.05) is 69.9 Å². The van der Waals surface area contributed by atoms with Crippen molar-refractivity contribution in [3.8, 4) is 0 Å². The molecule has 0 spiro atoms. The molecule has 4 rings (SSSR count). The van der Waals surface area contributed by atoms with E-state index in [0.717, 1.165) is 22.0 Å². The average Bonchev–Trinajstić information content (AvgIpc) is 3.45. The lowest BCUT2D eigenvalue weighted by Gasteiger charge is -2.45. The molecule has 1 aliphatic heterocycles. The number of aromatic nitrogens is 1. The second-order valence-corrected chi connectivity index (χ2v) is 12.8. The van der Waals surface area contributed by atoms with Gasteiger partial charge in [-0.15, -0.1) is 0 Å². The van der Waals surface area contributed by atoms with Gasteiger partial charge in [-0.1, -0.05) is 48.5 Å². The fourth-order valence-corrected chi connectivity index (χ4v) is 5.65. The molecule has 1 aromatic heterocycles. The summed E-state index contributed by atoms with van der Waals surface area (Å²) in [7, 11) is 5.43. The van der Waals surface area contributed by atoms with Crippen LogP contribution in [0.2, 0.25) is 0 Å². The molecule has 1 aliphatic rings. The van der Waals surface area contributed by atoms with E-state index in [1.54, 1.807) is 35.8 Å². The number of nitrogens with two attached hydrogens (primary N) is 1. The van der Waals surface area contributed by atoms with Crippen LogP contribution < -0.4 is 11.1 Å². The molecule has 2 aromatic carbocycles. The van der Waals surface area contributed by atoms with Crippen LogP contribution in [0, 0.1) is 5.41 Å². The lowest BCUT2D eigenvalue weighted by atomic mass is 9.74. The number of rotatable bonds is 11. The SMILES string of the molecule is CN(C)N(C)C(=O)C1(Cc2ccccc2)CCCN(C(=O)C(Cc2c[nH]c3ccccc23)NC(=O)C(C)(C)N)C1.O=C(O)C=CC(=O)O. The number of hydrogen-bond donors (Lipinski definition) is 5. The van der Waals surface area contributed by atoms with Crippen LogP contribution in [0.1, 0.15) is 37.8 Å². The molecule has 48 heavy (non-hydrogen) atoms. The zero-order chi connectivity index (χ0) is 35.6. The van der Waals surface area contributed by atoms with Crippen molar-refractivity contribution in [2.24, 2.45) is 11.1 Å². The molecular weight excluding hydrogens is 616 g/mol. The molecule has 0 radical (unpaired) electrons. The molecule has 2 heterocycles. The molecule has 2 unspecified atom stereocenters. The number of H-pyrrole nitrogens is 1. The average molecular weight is 663 g/mol. The minimum Gasteiger partial charge on any atom is -0.478 e. The highest BCUT2D eigenvalue weighted by molar-refractivity contribution is 5.93. The lowest BCUT2D eigenvalue weighted by Crippen LogP contribution is -2.61. The molecule has 3 amide bonds. The number of amides is 3. The molecule has 6 N–H and O–H groups in total. The topological polar surface area (TPSA) is 189 Å². The Bertz CT molecular complexity index is 1610. The Morgan fingerprint density at radius 3 is 2.19 bits per heavy atom. The highest BCUT2D eigenvalue weighted by Crippen LogP contribution is 2.36. The van der Waals surface area contributed by atoms with E-state index < -0.39 is 34.8 Å². The molecule has 0 saturated carbocycles. The molecule has 2 atom stereocenters. The summed E-state index contributed by atoms with van der Waals surface area (Å²) in [5, 5.41) is 22.9. The number of piperidine rings is 1. The van der Waals surface area contributed by atoms with Crippen LogP contribution >= 0.6 is 0 Å². The molecule has 258 valence electrons. The van der Waals surface area contributed by atoms with Crippen molar-refractivity contribution in [3.05, 3.63) is 84.1 Å². The number of likely N-dealkylation sites (tertiary alicyclic amines) is 1. The molecular formula is C35H46N6O7. The highest BCUT2D eigenvalue weighted by Gasteiger charge is 2.46. The van der Waals surface area contributed by atoms with Gasteiger partial charge < -0.3 is 31.1 Å². The van der Waals surface area contributed by atoms with Gasteiger partial charge in [-0.05, 0) is 50.3 Å². The fraction of sp³-hybridized carbons (Fsp3) is 0.400. The first-order valence-electron chi connectivity index (χ1n) is 15.6. The third-order valence-corrected chi connectivity index (χ3v) is 8.28. The van der Waals surface area contributed by atoms with Gasteiger partial charge >= 0.3 is 11.9 Å². The molecule has 13 heteroatoms. The van der Waals surface area contributed by atoms with Gasteiger partial charge in [0.05, 0.1) is 11.0 Å². The summed E-state index contributed by atoms with van der Waals surface area (Å²) in [4.78, 5) is 65.3.